The number of hydrogen-bond acceptors (Lipinski definition) is 3. The van der Waals surface area contributed by atoms with Gasteiger partial charge in [-0.05, 0) is 62.6 Å². The number of para-hydroxylation sites is 1. The van der Waals surface area contributed by atoms with Gasteiger partial charge in [0.05, 0.1) is 17.4 Å². The van der Waals surface area contributed by atoms with E-state index in [2.05, 4.69) is 43.1 Å². The Morgan fingerprint density at radius 2 is 1.93 bits per heavy atom. The molecule has 1 fully saturated rings. The van der Waals surface area contributed by atoms with Gasteiger partial charge in [-0.3, -0.25) is 9.69 Å². The number of amides is 1. The number of aryl methyl sites for hydroxylation is 2. The van der Waals surface area contributed by atoms with Gasteiger partial charge in [0.25, 0.3) is 0 Å². The molecule has 5 heteroatoms. The number of nitrogens with two attached hydrogens (primary N) is 1. The first-order valence-corrected chi connectivity index (χ1v) is 9.78. The van der Waals surface area contributed by atoms with E-state index in [1.165, 1.54) is 11.1 Å². The van der Waals surface area contributed by atoms with E-state index in [0.29, 0.717) is 6.54 Å². The van der Waals surface area contributed by atoms with Gasteiger partial charge in [0.1, 0.15) is 0 Å². The average molecular weight is 374 g/mol. The largest absolute Gasteiger partial charge is 0.368 e. The summed E-state index contributed by atoms with van der Waals surface area (Å²) in [7, 11) is 0. The Balaban J connectivity index is 1.76. The number of likely N-dealkylation sites (tertiary alicyclic amines) is 1. The van der Waals surface area contributed by atoms with E-state index in [1.807, 2.05) is 35.0 Å². The summed E-state index contributed by atoms with van der Waals surface area (Å²) in [5.41, 5.74) is 12.3. The minimum Gasteiger partial charge on any atom is -0.368 e. The number of hydrogen-bond donors (Lipinski definition) is 1. The van der Waals surface area contributed by atoms with E-state index in [-0.39, 0.29) is 11.9 Å². The zero-order valence-corrected chi connectivity index (χ0v) is 16.4. The van der Waals surface area contributed by atoms with Crippen molar-refractivity contribution >= 4 is 5.91 Å². The van der Waals surface area contributed by atoms with Crippen molar-refractivity contribution in [1.82, 2.24) is 14.7 Å². The standard InChI is InChI=1S/C23H26N4O/c1-16-10-11-18(13-17(16)2)22-19(14-26-12-6-9-21(26)23(24)28)15-27(25-22)20-7-4-3-5-8-20/h3-5,7-8,10-11,13,15,21H,6,9,12,14H2,1-2H3,(H2,24,28). The molecule has 1 saturated heterocycles. The molecule has 1 aliphatic rings. The first-order valence-electron chi connectivity index (χ1n) is 9.78. The molecule has 2 heterocycles. The van der Waals surface area contributed by atoms with Crippen LogP contribution in [0.1, 0.15) is 29.5 Å². The lowest BCUT2D eigenvalue weighted by Crippen LogP contribution is -2.39. The monoisotopic (exact) mass is 374 g/mol. The topological polar surface area (TPSA) is 64.2 Å². The van der Waals surface area contributed by atoms with Gasteiger partial charge in [-0.2, -0.15) is 5.10 Å². The molecule has 0 saturated carbocycles. The van der Waals surface area contributed by atoms with E-state index < -0.39 is 0 Å². The highest BCUT2D eigenvalue weighted by Gasteiger charge is 2.30. The molecule has 1 amide bonds. The SMILES string of the molecule is Cc1ccc(-c2nn(-c3ccccc3)cc2CN2CCCC2C(N)=O)cc1C. The van der Waals surface area contributed by atoms with E-state index in [9.17, 15) is 4.79 Å². The summed E-state index contributed by atoms with van der Waals surface area (Å²) in [6.07, 6.45) is 3.91. The number of carbonyl (C=O) groups excluding carboxylic acids is 1. The second kappa shape index (κ2) is 7.60. The zero-order valence-electron chi connectivity index (χ0n) is 16.4. The second-order valence-electron chi connectivity index (χ2n) is 7.61. The van der Waals surface area contributed by atoms with Crippen molar-refractivity contribution in [3.8, 4) is 16.9 Å². The molecule has 0 aliphatic carbocycles. The Bertz CT molecular complexity index is 993. The smallest absolute Gasteiger partial charge is 0.234 e. The van der Waals surface area contributed by atoms with Gasteiger partial charge in [0.2, 0.25) is 5.91 Å². The molecule has 4 rings (SSSR count). The van der Waals surface area contributed by atoms with Gasteiger partial charge in [0, 0.05) is 23.9 Å². The maximum absolute atomic E-state index is 11.8. The maximum atomic E-state index is 11.8. The molecule has 1 unspecified atom stereocenters. The summed E-state index contributed by atoms with van der Waals surface area (Å²) >= 11 is 0. The Morgan fingerprint density at radius 1 is 1.14 bits per heavy atom. The quantitative estimate of drug-likeness (QED) is 0.742. The van der Waals surface area contributed by atoms with Crippen LogP contribution >= 0.6 is 0 Å². The van der Waals surface area contributed by atoms with Crippen molar-refractivity contribution in [3.05, 3.63) is 71.4 Å². The Labute approximate surface area is 165 Å². The number of carbonyl (C=O) groups is 1. The molecule has 0 bridgehead atoms. The molecule has 1 aromatic heterocycles. The number of rotatable bonds is 5. The third-order valence-corrected chi connectivity index (χ3v) is 5.66. The summed E-state index contributed by atoms with van der Waals surface area (Å²) < 4.78 is 1.93. The van der Waals surface area contributed by atoms with Crippen molar-refractivity contribution in [3.63, 3.8) is 0 Å². The summed E-state index contributed by atoms with van der Waals surface area (Å²) in [4.78, 5) is 14.0. The molecule has 1 atom stereocenters. The van der Waals surface area contributed by atoms with Crippen LogP contribution in [0.15, 0.2) is 54.7 Å². The summed E-state index contributed by atoms with van der Waals surface area (Å²) in [6.45, 7) is 5.79. The molecule has 1 aliphatic heterocycles. The van der Waals surface area contributed by atoms with E-state index in [1.54, 1.807) is 0 Å². The first kappa shape index (κ1) is 18.4. The molecule has 144 valence electrons. The minimum atomic E-state index is -0.235. The Hall–Kier alpha value is -2.92. The number of nitrogens with zero attached hydrogens (tertiary/aromatic N) is 3. The van der Waals surface area contributed by atoms with Crippen LogP contribution in [-0.4, -0.2) is 33.2 Å². The van der Waals surface area contributed by atoms with Crippen molar-refractivity contribution in [1.29, 1.82) is 0 Å². The minimum absolute atomic E-state index is 0.187. The van der Waals surface area contributed by atoms with Crippen LogP contribution in [0.3, 0.4) is 0 Å². The predicted molar refractivity (Wildman–Crippen MR) is 111 cm³/mol. The van der Waals surface area contributed by atoms with Crippen LogP contribution in [0.2, 0.25) is 0 Å². The molecule has 2 N–H and O–H groups in total. The Kier molecular flexibility index (Phi) is 5.01. The van der Waals surface area contributed by atoms with Crippen LogP contribution in [0.25, 0.3) is 16.9 Å². The van der Waals surface area contributed by atoms with Crippen LogP contribution in [0.4, 0.5) is 0 Å². The highest BCUT2D eigenvalue weighted by atomic mass is 16.1. The lowest BCUT2D eigenvalue weighted by Gasteiger charge is -2.21. The third kappa shape index (κ3) is 3.58. The fraction of sp³-hybridized carbons (Fsp3) is 0.304. The molecule has 2 aromatic carbocycles. The van der Waals surface area contributed by atoms with Crippen molar-refractivity contribution in [2.45, 2.75) is 39.3 Å². The molecular formula is C23H26N4O. The van der Waals surface area contributed by atoms with Crippen LogP contribution in [0, 0.1) is 13.8 Å². The molecule has 5 nitrogen and oxygen atoms in total. The molecule has 28 heavy (non-hydrogen) atoms. The maximum Gasteiger partial charge on any atom is 0.234 e. The number of primary amides is 1. The van der Waals surface area contributed by atoms with Crippen molar-refractivity contribution in [2.75, 3.05) is 6.54 Å². The third-order valence-electron chi connectivity index (χ3n) is 5.66. The Morgan fingerprint density at radius 3 is 2.64 bits per heavy atom. The fourth-order valence-corrected chi connectivity index (χ4v) is 3.93. The highest BCUT2D eigenvalue weighted by Crippen LogP contribution is 2.29. The lowest BCUT2D eigenvalue weighted by atomic mass is 10.0. The van der Waals surface area contributed by atoms with E-state index in [0.717, 1.165) is 41.9 Å². The van der Waals surface area contributed by atoms with Crippen LogP contribution in [0.5, 0.6) is 0 Å². The van der Waals surface area contributed by atoms with Crippen LogP contribution < -0.4 is 5.73 Å². The van der Waals surface area contributed by atoms with Gasteiger partial charge < -0.3 is 5.73 Å². The summed E-state index contributed by atoms with van der Waals surface area (Å²) in [6, 6.07) is 16.4. The first-order chi connectivity index (χ1) is 13.5. The zero-order chi connectivity index (χ0) is 19.7. The number of aromatic nitrogens is 2. The number of benzene rings is 2. The lowest BCUT2D eigenvalue weighted by molar-refractivity contribution is -0.122. The van der Waals surface area contributed by atoms with Crippen molar-refractivity contribution in [2.24, 2.45) is 5.73 Å². The fourth-order valence-electron chi connectivity index (χ4n) is 3.93. The second-order valence-corrected chi connectivity index (χ2v) is 7.61. The van der Waals surface area contributed by atoms with Gasteiger partial charge in [-0.25, -0.2) is 4.68 Å². The molecule has 0 spiro atoms. The normalized spacial score (nSPS) is 17.1. The van der Waals surface area contributed by atoms with Crippen LogP contribution in [-0.2, 0) is 11.3 Å². The van der Waals surface area contributed by atoms with Crippen molar-refractivity contribution < 1.29 is 4.79 Å². The predicted octanol–water partition coefficient (Wildman–Crippen LogP) is 3.61. The van der Waals surface area contributed by atoms with E-state index >= 15 is 0 Å². The molecule has 0 radical (unpaired) electrons. The van der Waals surface area contributed by atoms with Gasteiger partial charge >= 0.3 is 0 Å². The van der Waals surface area contributed by atoms with Gasteiger partial charge in [-0.15, -0.1) is 0 Å². The summed E-state index contributed by atoms with van der Waals surface area (Å²) in [5, 5.41) is 4.91. The highest BCUT2D eigenvalue weighted by molar-refractivity contribution is 5.80. The van der Waals surface area contributed by atoms with Gasteiger partial charge in [0.15, 0.2) is 0 Å². The summed E-state index contributed by atoms with van der Waals surface area (Å²) in [5.74, 6) is -0.235. The molecule has 3 aromatic rings. The molecular weight excluding hydrogens is 348 g/mol. The average Bonchev–Trinajstić information content (AvgIpc) is 3.32. The van der Waals surface area contributed by atoms with E-state index in [4.69, 9.17) is 10.8 Å². The van der Waals surface area contributed by atoms with Gasteiger partial charge in [-0.1, -0.05) is 30.3 Å².